The molecule has 5 rings (SSSR count). The molecule has 0 aromatic carbocycles. The first kappa shape index (κ1) is 29.5. The van der Waals surface area contributed by atoms with Crippen molar-refractivity contribution in [2.75, 3.05) is 50.5 Å². The highest BCUT2D eigenvalue weighted by molar-refractivity contribution is 5.54. The first-order chi connectivity index (χ1) is 19.5. The predicted octanol–water partition coefficient (Wildman–Crippen LogP) is 3.48. The quantitative estimate of drug-likeness (QED) is 0.481. The summed E-state index contributed by atoms with van der Waals surface area (Å²) in [4.78, 5) is 20.3. The molecule has 2 aromatic rings. The van der Waals surface area contributed by atoms with Crippen molar-refractivity contribution in [3.8, 4) is 6.01 Å². The lowest BCUT2D eigenvalue weighted by Gasteiger charge is -2.43. The van der Waals surface area contributed by atoms with Crippen molar-refractivity contribution in [1.82, 2.24) is 24.8 Å². The molecule has 5 atom stereocenters. The number of rotatable bonds is 7. The molecule has 224 valence electrons. The van der Waals surface area contributed by atoms with Gasteiger partial charge in [-0.05, 0) is 70.3 Å². The Kier molecular flexibility index (Phi) is 8.45. The van der Waals surface area contributed by atoms with Crippen LogP contribution in [0, 0.1) is 5.92 Å². The molecule has 1 unspecified atom stereocenters. The maximum Gasteiger partial charge on any atom is 0.418 e. The van der Waals surface area contributed by atoms with Gasteiger partial charge in [-0.1, -0.05) is 13.5 Å². The number of fused-ring (bicyclic) bond motifs is 1. The summed E-state index contributed by atoms with van der Waals surface area (Å²) in [5, 5.41) is 10.3. The monoisotopic (exact) mass is 575 g/mol. The van der Waals surface area contributed by atoms with Gasteiger partial charge in [0.15, 0.2) is 0 Å². The van der Waals surface area contributed by atoms with Crippen molar-refractivity contribution >= 4 is 11.6 Å². The number of ether oxygens (including phenoxy) is 1. The number of hydrogen-bond donors (Lipinski definition) is 2. The summed E-state index contributed by atoms with van der Waals surface area (Å²) >= 11 is 0. The van der Waals surface area contributed by atoms with E-state index in [1.54, 1.807) is 0 Å². The van der Waals surface area contributed by atoms with Crippen LogP contribution in [-0.2, 0) is 19.0 Å². The number of piperazine rings is 1. The zero-order valence-corrected chi connectivity index (χ0v) is 23.9. The van der Waals surface area contributed by atoms with Gasteiger partial charge in [0.05, 0.1) is 17.0 Å². The minimum atomic E-state index is -4.54. The van der Waals surface area contributed by atoms with Gasteiger partial charge in [-0.15, -0.1) is 0 Å². The summed E-state index contributed by atoms with van der Waals surface area (Å²) in [6.45, 7) is 11.0. The third-order valence-electron chi connectivity index (χ3n) is 8.87. The zero-order chi connectivity index (χ0) is 29.5. The van der Waals surface area contributed by atoms with Crippen LogP contribution in [0.1, 0.15) is 55.1 Å². The Morgan fingerprint density at radius 1 is 1.17 bits per heavy atom. The first-order valence-corrected chi connectivity index (χ1v) is 14.3. The van der Waals surface area contributed by atoms with Crippen LogP contribution in [0.5, 0.6) is 6.01 Å². The minimum Gasteiger partial charge on any atom is -0.462 e. The highest BCUT2D eigenvalue weighted by atomic mass is 19.4. The van der Waals surface area contributed by atoms with Gasteiger partial charge < -0.3 is 25.4 Å². The Morgan fingerprint density at radius 2 is 1.95 bits per heavy atom. The summed E-state index contributed by atoms with van der Waals surface area (Å²) < 4.78 is 48.2. The molecule has 9 nitrogen and oxygen atoms in total. The van der Waals surface area contributed by atoms with Crippen molar-refractivity contribution in [3.63, 3.8) is 0 Å². The Morgan fingerprint density at radius 3 is 2.61 bits per heavy atom. The Labute approximate surface area is 239 Å². The molecule has 3 aliphatic rings. The molecule has 2 aliphatic heterocycles. The Bertz CT molecular complexity index is 1260. The average molecular weight is 576 g/mol. The highest BCUT2D eigenvalue weighted by Crippen LogP contribution is 2.44. The number of halogens is 3. The maximum atomic E-state index is 14.0. The summed E-state index contributed by atoms with van der Waals surface area (Å²) in [7, 11) is 2.07. The normalized spacial score (nSPS) is 26.6. The van der Waals surface area contributed by atoms with E-state index in [0.717, 1.165) is 36.8 Å². The average Bonchev–Trinajstić information content (AvgIpc) is 3.34. The van der Waals surface area contributed by atoms with Crippen molar-refractivity contribution in [3.05, 3.63) is 47.3 Å². The smallest absolute Gasteiger partial charge is 0.418 e. The highest BCUT2D eigenvalue weighted by Gasteiger charge is 2.41. The summed E-state index contributed by atoms with van der Waals surface area (Å²) in [5.74, 6) is 0.147. The fourth-order valence-corrected chi connectivity index (χ4v) is 6.48. The molecule has 2 fully saturated rings. The van der Waals surface area contributed by atoms with E-state index in [0.29, 0.717) is 38.4 Å². The van der Waals surface area contributed by atoms with Crippen molar-refractivity contribution < 1.29 is 23.0 Å². The van der Waals surface area contributed by atoms with E-state index in [-0.39, 0.29) is 41.9 Å². The largest absolute Gasteiger partial charge is 0.462 e. The number of likely N-dealkylation sites (N-methyl/N-ethyl adjacent to an activating group) is 1. The van der Waals surface area contributed by atoms with Crippen LogP contribution in [0.4, 0.5) is 24.8 Å². The van der Waals surface area contributed by atoms with Gasteiger partial charge in [-0.3, -0.25) is 4.90 Å². The van der Waals surface area contributed by atoms with Gasteiger partial charge in [0, 0.05) is 43.2 Å². The number of anilines is 2. The minimum absolute atomic E-state index is 0.0200. The molecule has 0 amide bonds. The number of aliphatic hydroxyl groups is 1. The van der Waals surface area contributed by atoms with Gasteiger partial charge in [0.25, 0.3) is 0 Å². The van der Waals surface area contributed by atoms with Crippen molar-refractivity contribution in [2.24, 2.45) is 5.92 Å². The Hall–Kier alpha value is -2.96. The molecule has 1 aliphatic carbocycles. The van der Waals surface area contributed by atoms with Crippen LogP contribution < -0.4 is 15.4 Å². The summed E-state index contributed by atoms with van der Waals surface area (Å²) in [5.41, 5.74) is 6.69. The number of hydrogen-bond acceptors (Lipinski definition) is 9. The zero-order valence-electron chi connectivity index (χ0n) is 23.9. The molecule has 4 heterocycles. The molecule has 0 radical (unpaired) electrons. The van der Waals surface area contributed by atoms with Crippen LogP contribution in [0.25, 0.3) is 0 Å². The van der Waals surface area contributed by atoms with E-state index in [1.165, 1.54) is 12.1 Å². The third kappa shape index (κ3) is 6.14. The number of alkyl halides is 3. The fraction of sp³-hybridized carbons (Fsp3) is 0.621. The second-order valence-corrected chi connectivity index (χ2v) is 11.7. The van der Waals surface area contributed by atoms with Crippen molar-refractivity contribution in [1.29, 1.82) is 0 Å². The van der Waals surface area contributed by atoms with E-state index < -0.39 is 23.9 Å². The van der Waals surface area contributed by atoms with Gasteiger partial charge in [-0.2, -0.15) is 23.1 Å². The van der Waals surface area contributed by atoms with Gasteiger partial charge in [0.2, 0.25) is 0 Å². The third-order valence-corrected chi connectivity index (χ3v) is 8.87. The first-order valence-electron chi connectivity index (χ1n) is 14.3. The van der Waals surface area contributed by atoms with Crippen LogP contribution in [0.3, 0.4) is 0 Å². The molecular weight excluding hydrogens is 535 g/mol. The lowest BCUT2D eigenvalue weighted by atomic mass is 9.75. The maximum absolute atomic E-state index is 14.0. The number of aromatic nitrogens is 3. The molecule has 0 spiro atoms. The van der Waals surface area contributed by atoms with Crippen LogP contribution >= 0.6 is 0 Å². The Balaban J connectivity index is 1.51. The van der Waals surface area contributed by atoms with Crippen LogP contribution in [0.2, 0.25) is 0 Å². The summed E-state index contributed by atoms with van der Waals surface area (Å²) in [6.07, 6.45) is -0.850. The molecular formula is C29H40F3N7O2. The molecule has 3 N–H and O–H groups in total. The number of likely N-dealkylation sites (tertiary alicyclic amines) is 1. The summed E-state index contributed by atoms with van der Waals surface area (Å²) in [6, 6.07) is 2.75. The van der Waals surface area contributed by atoms with Crippen molar-refractivity contribution in [2.45, 2.75) is 69.9 Å². The van der Waals surface area contributed by atoms with Gasteiger partial charge in [0.1, 0.15) is 24.5 Å². The van der Waals surface area contributed by atoms with E-state index in [1.807, 2.05) is 11.8 Å². The number of nitrogen functional groups attached to an aromatic ring is 1. The number of nitrogens with two attached hydrogens (primary N) is 1. The second-order valence-electron chi connectivity index (χ2n) is 11.7. The molecule has 12 heteroatoms. The van der Waals surface area contributed by atoms with Gasteiger partial charge >= 0.3 is 12.2 Å². The fourth-order valence-electron chi connectivity index (χ4n) is 6.48. The van der Waals surface area contributed by atoms with E-state index in [4.69, 9.17) is 20.4 Å². The van der Waals surface area contributed by atoms with Crippen LogP contribution in [-0.4, -0.2) is 88.0 Å². The number of pyridine rings is 1. The molecule has 41 heavy (non-hydrogen) atoms. The van der Waals surface area contributed by atoms with E-state index >= 15 is 0 Å². The standard InChI is InChI=1S/C29H40F3N7O2/c1-5-25(40)38-11-12-39(18(3)15-38)27-21-13-17(2)20(26-22(29(30,31)32)8-9-24(33)35-26)14-23(21)34-28(36-27)41-16-19-7-6-10-37(19)4/h5,8-9,17-20,25,40H,1,6-7,10-16H2,2-4H3,(H2,33,35)/t17-,18+,19+,20-,25?/m1/s1. The van der Waals surface area contributed by atoms with Crippen LogP contribution in [0.15, 0.2) is 24.8 Å². The molecule has 2 saturated heterocycles. The number of nitrogens with zero attached hydrogens (tertiary/aromatic N) is 6. The molecule has 0 saturated carbocycles. The second kappa shape index (κ2) is 11.7. The number of aliphatic hydroxyl groups excluding tert-OH is 1. The lowest BCUT2D eigenvalue weighted by molar-refractivity contribution is -0.138. The SMILES string of the molecule is C=CC(O)N1CCN(c2nc(OC[C@@H]3CCCN3C)nc3c2C[C@@H](C)[C@H](c2nc(N)ccc2C(F)(F)F)C3)[C@@H](C)C1. The van der Waals surface area contributed by atoms with Gasteiger partial charge in [-0.25, -0.2) is 4.98 Å². The molecule has 0 bridgehead atoms. The topological polar surface area (TPSA) is 104 Å². The van der Waals surface area contributed by atoms with E-state index in [2.05, 4.69) is 35.3 Å². The van der Waals surface area contributed by atoms with E-state index in [9.17, 15) is 18.3 Å². The lowest BCUT2D eigenvalue weighted by Crippen LogP contribution is -2.55. The predicted molar refractivity (Wildman–Crippen MR) is 151 cm³/mol. The molecule has 2 aromatic heterocycles.